The molecule has 7 nitrogen and oxygen atoms in total. The predicted octanol–water partition coefficient (Wildman–Crippen LogP) is 4.19. The molecule has 0 aliphatic rings. The van der Waals surface area contributed by atoms with Crippen molar-refractivity contribution in [2.24, 2.45) is 5.73 Å². The molecule has 1 aromatic heterocycles. The number of carbonyl (C=O) groups is 1. The maximum absolute atomic E-state index is 12.4. The summed E-state index contributed by atoms with van der Waals surface area (Å²) in [7, 11) is 4.79. The number of rotatable bonds is 9. The van der Waals surface area contributed by atoms with Crippen LogP contribution in [0.15, 0.2) is 41.1 Å². The van der Waals surface area contributed by atoms with Gasteiger partial charge in [-0.05, 0) is 48.7 Å². The van der Waals surface area contributed by atoms with Crippen LogP contribution in [0.5, 0.6) is 17.2 Å². The molecule has 1 unspecified atom stereocenters. The van der Waals surface area contributed by atoms with Crippen molar-refractivity contribution in [3.8, 4) is 39.6 Å². The Balaban J connectivity index is 2.05. The van der Waals surface area contributed by atoms with Crippen LogP contribution >= 0.6 is 0 Å². The maximum atomic E-state index is 12.4. The number of aromatic nitrogens is 1. The molecule has 1 heterocycles. The molecule has 2 aromatic carbocycles. The SMILES string of the molecule is CCC(N)C(=O)Cc1cc(-c2conc2-c2cc(C)c(OC)c(OC)c2)ccc1OC. The van der Waals surface area contributed by atoms with Gasteiger partial charge in [-0.2, -0.15) is 0 Å². The molecule has 0 amide bonds. The number of carbonyl (C=O) groups excluding carboxylic acids is 1. The average Bonchev–Trinajstić information content (AvgIpc) is 3.27. The molecule has 164 valence electrons. The molecule has 0 saturated carbocycles. The largest absolute Gasteiger partial charge is 0.496 e. The van der Waals surface area contributed by atoms with Crippen LogP contribution < -0.4 is 19.9 Å². The Kier molecular flexibility index (Phi) is 6.97. The highest BCUT2D eigenvalue weighted by Crippen LogP contribution is 2.39. The second-order valence-corrected chi connectivity index (χ2v) is 7.29. The molecule has 0 aliphatic heterocycles. The number of ether oxygens (including phenoxy) is 3. The summed E-state index contributed by atoms with van der Waals surface area (Å²) in [6.07, 6.45) is 2.38. The van der Waals surface area contributed by atoms with Gasteiger partial charge in [0, 0.05) is 23.1 Å². The summed E-state index contributed by atoms with van der Waals surface area (Å²) in [5.74, 6) is 1.90. The summed E-state index contributed by atoms with van der Waals surface area (Å²) in [6, 6.07) is 9.01. The van der Waals surface area contributed by atoms with Crippen LogP contribution in [-0.2, 0) is 11.2 Å². The Hall–Kier alpha value is -3.32. The van der Waals surface area contributed by atoms with Gasteiger partial charge in [-0.25, -0.2) is 0 Å². The predicted molar refractivity (Wildman–Crippen MR) is 119 cm³/mol. The van der Waals surface area contributed by atoms with Crippen LogP contribution in [0, 0.1) is 6.92 Å². The van der Waals surface area contributed by atoms with Crippen molar-refractivity contribution in [2.75, 3.05) is 21.3 Å². The number of Topliss-reactive ketones (excluding diaryl/α,β-unsaturated/α-hetero) is 1. The van der Waals surface area contributed by atoms with E-state index in [4.69, 9.17) is 24.5 Å². The normalized spacial score (nSPS) is 11.8. The van der Waals surface area contributed by atoms with Gasteiger partial charge >= 0.3 is 0 Å². The molecule has 2 N–H and O–H groups in total. The Morgan fingerprint density at radius 1 is 1.06 bits per heavy atom. The smallest absolute Gasteiger partial charge is 0.163 e. The number of methoxy groups -OCH3 is 3. The first-order valence-electron chi connectivity index (χ1n) is 10.1. The van der Waals surface area contributed by atoms with Crippen LogP contribution in [0.1, 0.15) is 24.5 Å². The topological polar surface area (TPSA) is 96.8 Å². The Labute approximate surface area is 182 Å². The fourth-order valence-corrected chi connectivity index (χ4v) is 3.57. The van der Waals surface area contributed by atoms with Gasteiger partial charge in [0.05, 0.1) is 27.4 Å². The molecular formula is C24H28N2O5. The van der Waals surface area contributed by atoms with E-state index in [1.54, 1.807) is 27.6 Å². The molecule has 1 atom stereocenters. The van der Waals surface area contributed by atoms with E-state index in [1.807, 2.05) is 44.2 Å². The Bertz CT molecular complexity index is 1070. The molecule has 0 saturated heterocycles. The van der Waals surface area contributed by atoms with E-state index in [0.717, 1.165) is 27.8 Å². The minimum absolute atomic E-state index is 0.0287. The van der Waals surface area contributed by atoms with E-state index in [-0.39, 0.29) is 12.2 Å². The summed E-state index contributed by atoms with van der Waals surface area (Å²) in [5, 5.41) is 4.22. The molecule has 0 bridgehead atoms. The first kappa shape index (κ1) is 22.4. The molecule has 0 spiro atoms. The number of ketones is 1. The van der Waals surface area contributed by atoms with Crippen molar-refractivity contribution in [3.63, 3.8) is 0 Å². The minimum Gasteiger partial charge on any atom is -0.496 e. The van der Waals surface area contributed by atoms with E-state index in [9.17, 15) is 4.79 Å². The summed E-state index contributed by atoms with van der Waals surface area (Å²) in [6.45, 7) is 3.84. The van der Waals surface area contributed by atoms with Crippen LogP contribution in [-0.4, -0.2) is 38.3 Å². The lowest BCUT2D eigenvalue weighted by Gasteiger charge is -2.14. The van der Waals surface area contributed by atoms with E-state index >= 15 is 0 Å². The molecule has 7 heteroatoms. The highest BCUT2D eigenvalue weighted by Gasteiger charge is 2.19. The van der Waals surface area contributed by atoms with Gasteiger partial charge in [-0.1, -0.05) is 18.1 Å². The van der Waals surface area contributed by atoms with Crippen molar-refractivity contribution >= 4 is 5.78 Å². The highest BCUT2D eigenvalue weighted by molar-refractivity contribution is 5.87. The van der Waals surface area contributed by atoms with E-state index in [1.165, 1.54) is 0 Å². The quantitative estimate of drug-likeness (QED) is 0.550. The second kappa shape index (κ2) is 9.66. The third-order valence-corrected chi connectivity index (χ3v) is 5.32. The van der Waals surface area contributed by atoms with E-state index < -0.39 is 6.04 Å². The van der Waals surface area contributed by atoms with E-state index in [2.05, 4.69) is 5.16 Å². The summed E-state index contributed by atoms with van der Waals surface area (Å²) >= 11 is 0. The van der Waals surface area contributed by atoms with Crippen LogP contribution in [0.2, 0.25) is 0 Å². The van der Waals surface area contributed by atoms with Gasteiger partial charge < -0.3 is 24.5 Å². The molecule has 31 heavy (non-hydrogen) atoms. The number of nitrogens with zero attached hydrogens (tertiary/aromatic N) is 1. The van der Waals surface area contributed by atoms with Crippen molar-refractivity contribution < 1.29 is 23.5 Å². The Morgan fingerprint density at radius 2 is 1.81 bits per heavy atom. The molecule has 3 rings (SSSR count). The maximum Gasteiger partial charge on any atom is 0.163 e. The highest BCUT2D eigenvalue weighted by atomic mass is 16.5. The number of nitrogens with two attached hydrogens (primary N) is 1. The van der Waals surface area contributed by atoms with Gasteiger partial charge in [0.15, 0.2) is 17.3 Å². The molecule has 0 fully saturated rings. The molecule has 3 aromatic rings. The summed E-state index contributed by atoms with van der Waals surface area (Å²) in [4.78, 5) is 12.4. The number of hydrogen-bond acceptors (Lipinski definition) is 7. The first-order valence-corrected chi connectivity index (χ1v) is 10.1. The van der Waals surface area contributed by atoms with E-state index in [0.29, 0.717) is 29.4 Å². The zero-order valence-corrected chi connectivity index (χ0v) is 18.5. The van der Waals surface area contributed by atoms with Gasteiger partial charge in [0.1, 0.15) is 17.7 Å². The minimum atomic E-state index is -0.491. The van der Waals surface area contributed by atoms with Gasteiger partial charge in [-0.3, -0.25) is 4.79 Å². The van der Waals surface area contributed by atoms with Crippen LogP contribution in [0.25, 0.3) is 22.4 Å². The first-order chi connectivity index (χ1) is 14.9. The van der Waals surface area contributed by atoms with Crippen LogP contribution in [0.3, 0.4) is 0 Å². The monoisotopic (exact) mass is 424 g/mol. The van der Waals surface area contributed by atoms with Crippen molar-refractivity contribution in [1.29, 1.82) is 0 Å². The van der Waals surface area contributed by atoms with Gasteiger partial charge in [0.2, 0.25) is 0 Å². The molecule has 0 radical (unpaired) electrons. The fourth-order valence-electron chi connectivity index (χ4n) is 3.57. The molecular weight excluding hydrogens is 396 g/mol. The Morgan fingerprint density at radius 3 is 2.45 bits per heavy atom. The third-order valence-electron chi connectivity index (χ3n) is 5.32. The second-order valence-electron chi connectivity index (χ2n) is 7.29. The lowest BCUT2D eigenvalue weighted by atomic mass is 9.95. The lowest BCUT2D eigenvalue weighted by molar-refractivity contribution is -0.119. The summed E-state index contributed by atoms with van der Waals surface area (Å²) < 4.78 is 21.7. The van der Waals surface area contributed by atoms with Crippen molar-refractivity contribution in [3.05, 3.63) is 47.7 Å². The van der Waals surface area contributed by atoms with Crippen molar-refractivity contribution in [2.45, 2.75) is 32.7 Å². The molecule has 0 aliphatic carbocycles. The third kappa shape index (κ3) is 4.56. The number of benzene rings is 2. The van der Waals surface area contributed by atoms with Gasteiger partial charge in [0.25, 0.3) is 0 Å². The van der Waals surface area contributed by atoms with Gasteiger partial charge in [-0.15, -0.1) is 0 Å². The standard InChI is InChI=1S/C24H28N2O5/c1-6-19(25)20(27)11-16-10-15(7-8-21(16)28-3)18-13-31-26-23(18)17-9-14(2)24(30-5)22(12-17)29-4/h7-10,12-13,19H,6,11,25H2,1-5H3. The zero-order chi connectivity index (χ0) is 22.5. The van der Waals surface area contributed by atoms with Crippen LogP contribution in [0.4, 0.5) is 0 Å². The van der Waals surface area contributed by atoms with Crippen molar-refractivity contribution in [1.82, 2.24) is 5.16 Å². The number of hydrogen-bond donors (Lipinski definition) is 1. The fraction of sp³-hybridized carbons (Fsp3) is 0.333. The summed E-state index contributed by atoms with van der Waals surface area (Å²) in [5.41, 5.74) is 10.8. The number of aryl methyl sites for hydroxylation is 1. The average molecular weight is 424 g/mol. The zero-order valence-electron chi connectivity index (χ0n) is 18.5. The lowest BCUT2D eigenvalue weighted by Crippen LogP contribution is -2.30.